The maximum Gasteiger partial charge on any atom is 0.224 e. The fraction of sp³-hybridized carbons (Fsp3) is 0.118. The minimum absolute atomic E-state index is 0.0801. The van der Waals surface area contributed by atoms with Crippen molar-refractivity contribution in [2.45, 2.75) is 13.0 Å². The van der Waals surface area contributed by atoms with E-state index in [2.05, 4.69) is 20.5 Å². The Morgan fingerprint density at radius 2 is 1.88 bits per heavy atom. The molecule has 0 aliphatic carbocycles. The van der Waals surface area contributed by atoms with Gasteiger partial charge in [0.2, 0.25) is 5.91 Å². The Hall–Kier alpha value is -3.09. The SMILES string of the molecule is O=C(Cc1cccc(F)c1)NCc1nc(-c2ccc(F)cc2)n[nH]1. The van der Waals surface area contributed by atoms with Crippen LogP contribution in [0, 0.1) is 11.6 Å². The lowest BCUT2D eigenvalue weighted by Gasteiger charge is -2.03. The summed E-state index contributed by atoms with van der Waals surface area (Å²) in [5, 5.41) is 9.43. The lowest BCUT2D eigenvalue weighted by molar-refractivity contribution is -0.120. The molecule has 7 heteroatoms. The first-order valence-electron chi connectivity index (χ1n) is 7.28. The van der Waals surface area contributed by atoms with Crippen LogP contribution in [0.25, 0.3) is 11.4 Å². The van der Waals surface area contributed by atoms with Gasteiger partial charge in [-0.2, -0.15) is 5.10 Å². The second-order valence-corrected chi connectivity index (χ2v) is 5.20. The Morgan fingerprint density at radius 1 is 1.08 bits per heavy atom. The van der Waals surface area contributed by atoms with E-state index in [1.54, 1.807) is 24.3 Å². The second-order valence-electron chi connectivity index (χ2n) is 5.20. The molecule has 1 aromatic heterocycles. The highest BCUT2D eigenvalue weighted by atomic mass is 19.1. The van der Waals surface area contributed by atoms with Gasteiger partial charge in [-0.25, -0.2) is 13.8 Å². The largest absolute Gasteiger partial charge is 0.349 e. The van der Waals surface area contributed by atoms with Crippen LogP contribution in [0.15, 0.2) is 48.5 Å². The standard InChI is InChI=1S/C17H14F2N4O/c18-13-6-4-12(5-7-13)17-21-15(22-23-17)10-20-16(24)9-11-2-1-3-14(19)8-11/h1-8H,9-10H2,(H,20,24)(H,21,22,23). The molecule has 0 atom stereocenters. The number of amides is 1. The molecule has 3 aromatic rings. The van der Waals surface area contributed by atoms with E-state index in [4.69, 9.17) is 0 Å². The van der Waals surface area contributed by atoms with Crippen LogP contribution < -0.4 is 5.32 Å². The van der Waals surface area contributed by atoms with Crippen molar-refractivity contribution in [2.75, 3.05) is 0 Å². The van der Waals surface area contributed by atoms with Gasteiger partial charge in [-0.1, -0.05) is 12.1 Å². The molecule has 122 valence electrons. The maximum atomic E-state index is 13.1. The van der Waals surface area contributed by atoms with Gasteiger partial charge in [0, 0.05) is 5.56 Å². The van der Waals surface area contributed by atoms with Crippen molar-refractivity contribution < 1.29 is 13.6 Å². The Bertz CT molecular complexity index is 846. The van der Waals surface area contributed by atoms with Crippen molar-refractivity contribution in [3.63, 3.8) is 0 Å². The fourth-order valence-corrected chi connectivity index (χ4v) is 2.18. The van der Waals surface area contributed by atoms with E-state index < -0.39 is 0 Å². The number of nitrogens with one attached hydrogen (secondary N) is 2. The first-order valence-corrected chi connectivity index (χ1v) is 7.28. The molecule has 0 radical (unpaired) electrons. The number of halogens is 2. The molecule has 0 aliphatic rings. The zero-order valence-electron chi connectivity index (χ0n) is 12.6. The summed E-state index contributed by atoms with van der Waals surface area (Å²) in [4.78, 5) is 16.1. The summed E-state index contributed by atoms with van der Waals surface area (Å²) >= 11 is 0. The first-order chi connectivity index (χ1) is 11.6. The second kappa shape index (κ2) is 6.99. The monoisotopic (exact) mass is 328 g/mol. The van der Waals surface area contributed by atoms with E-state index in [1.807, 2.05) is 0 Å². The number of H-pyrrole nitrogens is 1. The normalized spacial score (nSPS) is 10.6. The van der Waals surface area contributed by atoms with Gasteiger partial charge in [0.1, 0.15) is 17.5 Å². The van der Waals surface area contributed by atoms with Gasteiger partial charge < -0.3 is 5.32 Å². The van der Waals surface area contributed by atoms with Crippen molar-refractivity contribution >= 4 is 5.91 Å². The smallest absolute Gasteiger partial charge is 0.224 e. The zero-order chi connectivity index (χ0) is 16.9. The van der Waals surface area contributed by atoms with Crippen LogP contribution in [0.2, 0.25) is 0 Å². The van der Waals surface area contributed by atoms with Gasteiger partial charge in [0.05, 0.1) is 13.0 Å². The van der Waals surface area contributed by atoms with Crippen molar-refractivity contribution in [3.8, 4) is 11.4 Å². The quantitative estimate of drug-likeness (QED) is 0.756. The van der Waals surface area contributed by atoms with Crippen LogP contribution in [0.4, 0.5) is 8.78 Å². The lowest BCUT2D eigenvalue weighted by atomic mass is 10.1. The average Bonchev–Trinajstić information content (AvgIpc) is 3.03. The summed E-state index contributed by atoms with van der Waals surface area (Å²) in [5.74, 6) is -0.0646. The van der Waals surface area contributed by atoms with Crippen molar-refractivity contribution in [1.82, 2.24) is 20.5 Å². The molecule has 0 fully saturated rings. The lowest BCUT2D eigenvalue weighted by Crippen LogP contribution is -2.25. The van der Waals surface area contributed by atoms with E-state index in [-0.39, 0.29) is 30.5 Å². The van der Waals surface area contributed by atoms with Crippen LogP contribution >= 0.6 is 0 Å². The van der Waals surface area contributed by atoms with Gasteiger partial charge in [0.15, 0.2) is 5.82 Å². The summed E-state index contributed by atoms with van der Waals surface area (Å²) in [6.45, 7) is 0.169. The highest BCUT2D eigenvalue weighted by Crippen LogP contribution is 2.14. The van der Waals surface area contributed by atoms with Gasteiger partial charge in [-0.15, -0.1) is 0 Å². The molecule has 0 spiro atoms. The Balaban J connectivity index is 1.57. The number of carbonyl (C=O) groups excluding carboxylic acids is 1. The molecule has 0 aliphatic heterocycles. The summed E-state index contributed by atoms with van der Waals surface area (Å²) in [5.41, 5.74) is 1.27. The number of rotatable bonds is 5. The molecule has 0 unspecified atom stereocenters. The molecule has 2 aromatic carbocycles. The number of hydrogen-bond donors (Lipinski definition) is 2. The van der Waals surface area contributed by atoms with E-state index in [0.29, 0.717) is 22.8 Å². The number of hydrogen-bond acceptors (Lipinski definition) is 3. The van der Waals surface area contributed by atoms with Crippen LogP contribution in [-0.4, -0.2) is 21.1 Å². The van der Waals surface area contributed by atoms with E-state index in [9.17, 15) is 13.6 Å². The number of nitrogens with zero attached hydrogens (tertiary/aromatic N) is 2. The van der Waals surface area contributed by atoms with Crippen LogP contribution in [0.1, 0.15) is 11.4 Å². The number of aromatic amines is 1. The van der Waals surface area contributed by atoms with Crippen molar-refractivity contribution in [2.24, 2.45) is 0 Å². The number of benzene rings is 2. The van der Waals surface area contributed by atoms with Gasteiger partial charge in [-0.3, -0.25) is 9.89 Å². The third-order valence-corrected chi connectivity index (χ3v) is 3.34. The van der Waals surface area contributed by atoms with Gasteiger partial charge >= 0.3 is 0 Å². The Morgan fingerprint density at radius 3 is 2.62 bits per heavy atom. The summed E-state index contributed by atoms with van der Waals surface area (Å²) in [6, 6.07) is 11.7. The third-order valence-electron chi connectivity index (χ3n) is 3.34. The highest BCUT2D eigenvalue weighted by molar-refractivity contribution is 5.78. The van der Waals surface area contributed by atoms with Crippen LogP contribution in [0.3, 0.4) is 0 Å². The van der Waals surface area contributed by atoms with Gasteiger partial charge in [0.25, 0.3) is 0 Å². The highest BCUT2D eigenvalue weighted by Gasteiger charge is 2.08. The molecule has 1 heterocycles. The van der Waals surface area contributed by atoms with E-state index in [1.165, 1.54) is 24.3 Å². The minimum Gasteiger partial charge on any atom is -0.349 e. The summed E-state index contributed by atoms with van der Waals surface area (Å²) in [6.07, 6.45) is 0.0801. The summed E-state index contributed by atoms with van der Waals surface area (Å²) < 4.78 is 26.0. The summed E-state index contributed by atoms with van der Waals surface area (Å²) in [7, 11) is 0. The van der Waals surface area contributed by atoms with Crippen LogP contribution in [0.5, 0.6) is 0 Å². The fourth-order valence-electron chi connectivity index (χ4n) is 2.18. The molecule has 0 saturated heterocycles. The molecular formula is C17H14F2N4O. The maximum absolute atomic E-state index is 13.1. The molecule has 24 heavy (non-hydrogen) atoms. The first kappa shape index (κ1) is 15.8. The predicted molar refractivity (Wildman–Crippen MR) is 83.7 cm³/mol. The molecular weight excluding hydrogens is 314 g/mol. The molecule has 3 rings (SSSR count). The number of carbonyl (C=O) groups is 1. The molecule has 2 N–H and O–H groups in total. The van der Waals surface area contributed by atoms with Crippen LogP contribution in [-0.2, 0) is 17.8 Å². The Kier molecular flexibility index (Phi) is 4.60. The van der Waals surface area contributed by atoms with E-state index in [0.717, 1.165) is 0 Å². The molecule has 5 nitrogen and oxygen atoms in total. The zero-order valence-corrected chi connectivity index (χ0v) is 12.6. The van der Waals surface area contributed by atoms with Crippen molar-refractivity contribution in [3.05, 3.63) is 71.6 Å². The predicted octanol–water partition coefficient (Wildman–Crippen LogP) is 2.61. The molecule has 0 bridgehead atoms. The third kappa shape index (κ3) is 4.01. The molecule has 1 amide bonds. The molecule has 0 saturated carbocycles. The average molecular weight is 328 g/mol. The Labute approximate surface area is 136 Å². The minimum atomic E-state index is -0.375. The topological polar surface area (TPSA) is 70.7 Å². The van der Waals surface area contributed by atoms with Crippen molar-refractivity contribution in [1.29, 1.82) is 0 Å². The number of aromatic nitrogens is 3. The van der Waals surface area contributed by atoms with Gasteiger partial charge in [-0.05, 0) is 42.0 Å². The van der Waals surface area contributed by atoms with E-state index >= 15 is 0 Å².